The summed E-state index contributed by atoms with van der Waals surface area (Å²) in [5.41, 5.74) is 2.52. The number of sulfonamides is 1. The SMILES string of the molecule is Cc1ccc(S(=O)(=O)N2CC(CC(C)(C)C(=O)NN)Oc3ccc(NC(=O)O)cc32)cc1. The number of carbonyl (C=O) groups excluding carboxylic acids is 1. The number of rotatable bonds is 6. The smallest absolute Gasteiger partial charge is 0.409 e. The van der Waals surface area contributed by atoms with Crippen LogP contribution in [-0.4, -0.2) is 38.2 Å². The van der Waals surface area contributed by atoms with Crippen molar-refractivity contribution in [2.45, 2.75) is 38.2 Å². The number of carbonyl (C=O) groups is 2. The van der Waals surface area contributed by atoms with Crippen molar-refractivity contribution in [3.8, 4) is 5.75 Å². The van der Waals surface area contributed by atoms with Crippen LogP contribution in [0.4, 0.5) is 16.2 Å². The minimum atomic E-state index is -4.00. The van der Waals surface area contributed by atoms with E-state index in [4.69, 9.17) is 15.7 Å². The number of anilines is 2. The molecule has 1 aliphatic heterocycles. The first kappa shape index (κ1) is 23.4. The lowest BCUT2D eigenvalue weighted by atomic mass is 9.85. The van der Waals surface area contributed by atoms with Gasteiger partial charge >= 0.3 is 6.09 Å². The average molecular weight is 463 g/mol. The predicted molar refractivity (Wildman–Crippen MR) is 119 cm³/mol. The maximum Gasteiger partial charge on any atom is 0.409 e. The van der Waals surface area contributed by atoms with E-state index in [1.165, 1.54) is 34.6 Å². The van der Waals surface area contributed by atoms with Gasteiger partial charge in [0.05, 0.1) is 17.1 Å². The van der Waals surface area contributed by atoms with E-state index in [2.05, 4.69) is 10.7 Å². The van der Waals surface area contributed by atoms with E-state index in [-0.39, 0.29) is 35.0 Å². The number of fused-ring (bicyclic) bond motifs is 1. The molecule has 0 saturated carbocycles. The molecular weight excluding hydrogens is 436 g/mol. The quantitative estimate of drug-likeness (QED) is 0.292. The maximum atomic E-state index is 13.5. The molecule has 5 N–H and O–H groups in total. The summed E-state index contributed by atoms with van der Waals surface area (Å²) >= 11 is 0. The van der Waals surface area contributed by atoms with Crippen LogP contribution in [0, 0.1) is 12.3 Å². The fourth-order valence-corrected chi connectivity index (χ4v) is 5.04. The fourth-order valence-electron chi connectivity index (χ4n) is 3.54. The first-order valence-electron chi connectivity index (χ1n) is 9.85. The number of aryl methyl sites for hydroxylation is 1. The van der Waals surface area contributed by atoms with Crippen molar-refractivity contribution in [3.63, 3.8) is 0 Å². The lowest BCUT2D eigenvalue weighted by Gasteiger charge is -2.38. The van der Waals surface area contributed by atoms with E-state index in [1.807, 2.05) is 6.92 Å². The lowest BCUT2D eigenvalue weighted by Crippen LogP contribution is -2.48. The van der Waals surface area contributed by atoms with Gasteiger partial charge in [-0.05, 0) is 43.7 Å². The van der Waals surface area contributed by atoms with E-state index >= 15 is 0 Å². The molecule has 0 aliphatic carbocycles. The third-order valence-electron chi connectivity index (χ3n) is 5.23. The van der Waals surface area contributed by atoms with Crippen molar-refractivity contribution in [1.29, 1.82) is 0 Å². The van der Waals surface area contributed by atoms with Gasteiger partial charge in [-0.25, -0.2) is 19.1 Å². The third-order valence-corrected chi connectivity index (χ3v) is 7.03. The molecule has 3 rings (SSSR count). The number of nitrogens with one attached hydrogen (secondary N) is 2. The van der Waals surface area contributed by atoms with Crippen LogP contribution in [0.3, 0.4) is 0 Å². The van der Waals surface area contributed by atoms with Gasteiger partial charge in [-0.1, -0.05) is 31.5 Å². The Kier molecular flexibility index (Phi) is 6.33. The van der Waals surface area contributed by atoms with Crippen LogP contribution in [0.5, 0.6) is 5.75 Å². The Bertz CT molecular complexity index is 1130. The largest absolute Gasteiger partial charge is 0.486 e. The van der Waals surface area contributed by atoms with Crippen molar-refractivity contribution < 1.29 is 27.9 Å². The molecule has 1 heterocycles. The summed E-state index contributed by atoms with van der Waals surface area (Å²) in [5, 5.41) is 11.2. The van der Waals surface area contributed by atoms with Gasteiger partial charge in [0.25, 0.3) is 10.0 Å². The molecule has 32 heavy (non-hydrogen) atoms. The van der Waals surface area contributed by atoms with Crippen LogP contribution < -0.4 is 25.6 Å². The number of hydrogen-bond acceptors (Lipinski definition) is 6. The van der Waals surface area contributed by atoms with Gasteiger partial charge in [0, 0.05) is 11.1 Å². The second-order valence-corrected chi connectivity index (χ2v) is 10.1. The second kappa shape index (κ2) is 8.67. The Morgan fingerprint density at radius 2 is 1.88 bits per heavy atom. The molecule has 2 aromatic rings. The Balaban J connectivity index is 2.05. The molecule has 172 valence electrons. The van der Waals surface area contributed by atoms with Crippen molar-refractivity contribution in [1.82, 2.24) is 5.43 Å². The highest BCUT2D eigenvalue weighted by Gasteiger charge is 2.39. The molecular formula is C21H26N4O6S. The summed E-state index contributed by atoms with van der Waals surface area (Å²) in [6.45, 7) is 5.16. The van der Waals surface area contributed by atoms with Crippen molar-refractivity contribution in [2.24, 2.45) is 11.3 Å². The number of ether oxygens (including phenoxy) is 1. The summed E-state index contributed by atoms with van der Waals surface area (Å²) in [6, 6.07) is 10.8. The molecule has 11 heteroatoms. The van der Waals surface area contributed by atoms with E-state index in [0.29, 0.717) is 0 Å². The average Bonchev–Trinajstić information content (AvgIpc) is 2.72. The molecule has 10 nitrogen and oxygen atoms in total. The zero-order valence-corrected chi connectivity index (χ0v) is 18.8. The molecule has 2 amide bonds. The molecule has 0 aromatic heterocycles. The summed E-state index contributed by atoms with van der Waals surface area (Å²) < 4.78 is 34.2. The van der Waals surface area contributed by atoms with Gasteiger partial charge in [-0.15, -0.1) is 0 Å². The lowest BCUT2D eigenvalue weighted by molar-refractivity contribution is -0.130. The van der Waals surface area contributed by atoms with E-state index in [0.717, 1.165) is 5.56 Å². The minimum Gasteiger partial charge on any atom is -0.486 e. The van der Waals surface area contributed by atoms with E-state index in [1.54, 1.807) is 26.0 Å². The van der Waals surface area contributed by atoms with Crippen LogP contribution in [-0.2, 0) is 14.8 Å². The summed E-state index contributed by atoms with van der Waals surface area (Å²) in [7, 11) is -4.00. The first-order valence-corrected chi connectivity index (χ1v) is 11.3. The van der Waals surface area contributed by atoms with Gasteiger partial charge in [0.2, 0.25) is 5.91 Å². The van der Waals surface area contributed by atoms with E-state index < -0.39 is 33.5 Å². The topological polar surface area (TPSA) is 151 Å². The number of amides is 2. The van der Waals surface area contributed by atoms with Crippen LogP contribution in [0.15, 0.2) is 47.4 Å². The molecule has 0 saturated heterocycles. The van der Waals surface area contributed by atoms with Gasteiger partial charge in [-0.2, -0.15) is 0 Å². The molecule has 1 aliphatic rings. The number of carboxylic acid groups (broad SMARTS) is 1. The van der Waals surface area contributed by atoms with Gasteiger partial charge in [-0.3, -0.25) is 19.8 Å². The highest BCUT2D eigenvalue weighted by Crippen LogP contribution is 2.41. The number of benzene rings is 2. The van der Waals surface area contributed by atoms with Gasteiger partial charge < -0.3 is 9.84 Å². The minimum absolute atomic E-state index is 0.0684. The normalized spacial score (nSPS) is 16.0. The van der Waals surface area contributed by atoms with Crippen molar-refractivity contribution >= 4 is 33.4 Å². The molecule has 2 aromatic carbocycles. The molecule has 0 spiro atoms. The molecule has 0 fully saturated rings. The second-order valence-electron chi connectivity index (χ2n) is 8.26. The highest BCUT2D eigenvalue weighted by molar-refractivity contribution is 7.92. The monoisotopic (exact) mass is 462 g/mol. The van der Waals surface area contributed by atoms with Crippen molar-refractivity contribution in [2.75, 3.05) is 16.2 Å². The Morgan fingerprint density at radius 3 is 2.47 bits per heavy atom. The van der Waals surface area contributed by atoms with Crippen molar-refractivity contribution in [3.05, 3.63) is 48.0 Å². The molecule has 1 unspecified atom stereocenters. The van der Waals surface area contributed by atoms with E-state index in [9.17, 15) is 18.0 Å². The fraction of sp³-hybridized carbons (Fsp3) is 0.333. The number of nitrogens with zero attached hydrogens (tertiary/aromatic N) is 1. The Hall–Kier alpha value is -3.31. The van der Waals surface area contributed by atoms with Crippen LogP contribution in [0.1, 0.15) is 25.8 Å². The zero-order chi connectivity index (χ0) is 23.7. The third kappa shape index (κ3) is 4.78. The number of hydrazine groups is 1. The van der Waals surface area contributed by atoms with Gasteiger partial charge in [0.15, 0.2) is 0 Å². The van der Waals surface area contributed by atoms with Crippen LogP contribution in [0.25, 0.3) is 0 Å². The standard InChI is InChI=1S/C21H26N4O6S/c1-13-4-7-16(8-5-13)32(29,30)25-12-15(11-21(2,3)19(26)24-22)31-18-9-6-14(10-17(18)25)23-20(27)28/h4-10,15,23H,11-12,22H2,1-3H3,(H,24,26)(H,27,28). The number of hydrogen-bond donors (Lipinski definition) is 4. The Morgan fingerprint density at radius 1 is 1.22 bits per heavy atom. The van der Waals surface area contributed by atoms with Crippen LogP contribution in [0.2, 0.25) is 0 Å². The van der Waals surface area contributed by atoms with Gasteiger partial charge in [0.1, 0.15) is 11.9 Å². The highest BCUT2D eigenvalue weighted by atomic mass is 32.2. The molecule has 0 radical (unpaired) electrons. The predicted octanol–water partition coefficient (Wildman–Crippen LogP) is 2.45. The number of nitrogens with two attached hydrogens (primary N) is 1. The van der Waals surface area contributed by atoms with Crippen LogP contribution >= 0.6 is 0 Å². The molecule has 1 atom stereocenters. The zero-order valence-electron chi connectivity index (χ0n) is 18.0. The maximum absolute atomic E-state index is 13.5. The Labute approximate surface area is 186 Å². The summed E-state index contributed by atoms with van der Waals surface area (Å²) in [5.74, 6) is 5.14. The molecule has 0 bridgehead atoms. The first-order chi connectivity index (χ1) is 14.9. The summed E-state index contributed by atoms with van der Waals surface area (Å²) in [6.07, 6.45) is -1.72. The summed E-state index contributed by atoms with van der Waals surface area (Å²) in [4.78, 5) is 23.3.